The number of carbonyl (C=O) groups excluding carboxylic acids is 2. The zero-order chi connectivity index (χ0) is 21.8. The number of aromatic nitrogens is 2. The maximum atomic E-state index is 13.6. The molecular formula is C20H31N3O7. The molecule has 2 heterocycles. The molecule has 1 aromatic rings. The maximum absolute atomic E-state index is 13.6. The van der Waals surface area contributed by atoms with E-state index in [4.69, 9.17) is 9.47 Å². The second-order valence-corrected chi connectivity index (χ2v) is 8.06. The predicted molar refractivity (Wildman–Crippen MR) is 104 cm³/mol. The molecule has 6 atom stereocenters. The lowest BCUT2D eigenvalue weighted by molar-refractivity contribution is -0.206. The molecule has 10 nitrogen and oxygen atoms in total. The summed E-state index contributed by atoms with van der Waals surface area (Å²) in [4.78, 5) is 26.8. The summed E-state index contributed by atoms with van der Waals surface area (Å²) in [6, 6.07) is 1.38. The van der Waals surface area contributed by atoms with E-state index in [1.165, 1.54) is 6.92 Å². The molecule has 30 heavy (non-hydrogen) atoms. The summed E-state index contributed by atoms with van der Waals surface area (Å²) in [6.45, 7) is 0.964. The molecule has 1 saturated carbocycles. The van der Waals surface area contributed by atoms with E-state index < -0.39 is 55.0 Å². The lowest BCUT2D eigenvalue weighted by Crippen LogP contribution is -2.59. The Morgan fingerprint density at radius 1 is 1.30 bits per heavy atom. The monoisotopic (exact) mass is 425 g/mol. The molecule has 1 amide bonds. The number of carbonyl (C=O) groups is 2. The number of aliphatic hydroxyl groups excluding tert-OH is 3. The minimum absolute atomic E-state index is 0.0199. The zero-order valence-electron chi connectivity index (χ0n) is 17.4. The van der Waals surface area contributed by atoms with E-state index >= 15 is 0 Å². The van der Waals surface area contributed by atoms with Gasteiger partial charge in [-0.25, -0.2) is 0 Å². The number of hydrogen-bond acceptors (Lipinski definition) is 8. The van der Waals surface area contributed by atoms with E-state index in [0.717, 1.165) is 18.5 Å². The van der Waals surface area contributed by atoms with Crippen LogP contribution in [0.25, 0.3) is 0 Å². The number of amides is 1. The van der Waals surface area contributed by atoms with Crippen molar-refractivity contribution in [2.75, 3.05) is 6.61 Å². The molecule has 3 N–H and O–H groups in total. The highest BCUT2D eigenvalue weighted by Gasteiger charge is 2.46. The van der Waals surface area contributed by atoms with Gasteiger partial charge in [-0.3, -0.25) is 14.3 Å². The van der Waals surface area contributed by atoms with E-state index in [1.807, 2.05) is 0 Å². The van der Waals surface area contributed by atoms with Crippen LogP contribution in [0.15, 0.2) is 12.3 Å². The molecule has 0 bridgehead atoms. The number of aliphatic hydroxyl groups is 3. The van der Waals surface area contributed by atoms with Gasteiger partial charge in [0.25, 0.3) is 5.91 Å². The molecule has 1 aromatic heterocycles. The quantitative estimate of drug-likeness (QED) is 0.519. The molecule has 0 radical (unpaired) electrons. The Kier molecular flexibility index (Phi) is 7.45. The Hall–Kier alpha value is -2.01. The number of aryl methyl sites for hydroxylation is 1. The second kappa shape index (κ2) is 9.86. The van der Waals surface area contributed by atoms with Crippen LogP contribution >= 0.6 is 0 Å². The van der Waals surface area contributed by atoms with Crippen LogP contribution in [-0.2, 0) is 32.7 Å². The van der Waals surface area contributed by atoms with Gasteiger partial charge < -0.3 is 29.7 Å². The van der Waals surface area contributed by atoms with Crippen LogP contribution in [0.5, 0.6) is 0 Å². The lowest BCUT2D eigenvalue weighted by atomic mass is 9.90. The van der Waals surface area contributed by atoms with Crippen molar-refractivity contribution in [2.45, 2.75) is 82.1 Å². The molecule has 0 aromatic carbocycles. The number of rotatable bonds is 6. The first-order chi connectivity index (χ1) is 14.3. The molecule has 2 fully saturated rings. The van der Waals surface area contributed by atoms with E-state index in [1.54, 1.807) is 28.9 Å². The Labute approximate surface area is 175 Å². The van der Waals surface area contributed by atoms with Gasteiger partial charge in [0.15, 0.2) is 6.10 Å². The van der Waals surface area contributed by atoms with Gasteiger partial charge in [0.05, 0.1) is 37.1 Å². The van der Waals surface area contributed by atoms with Crippen LogP contribution < -0.4 is 0 Å². The van der Waals surface area contributed by atoms with Gasteiger partial charge in [-0.1, -0.05) is 12.8 Å². The molecule has 1 aliphatic carbocycles. The SMILES string of the molecule is CC(=O)OC1CC(O)C(CO)OC1C(=O)N(Cc1ccnn1C)[C@H]1CCCC[C@@H]1O. The summed E-state index contributed by atoms with van der Waals surface area (Å²) in [6.07, 6.45) is -0.243. The highest BCUT2D eigenvalue weighted by atomic mass is 16.6. The van der Waals surface area contributed by atoms with Gasteiger partial charge in [0, 0.05) is 26.6 Å². The Morgan fingerprint density at radius 3 is 2.63 bits per heavy atom. The van der Waals surface area contributed by atoms with Crippen molar-refractivity contribution >= 4 is 11.9 Å². The van der Waals surface area contributed by atoms with Crippen LogP contribution in [0.4, 0.5) is 0 Å². The van der Waals surface area contributed by atoms with Gasteiger partial charge in [-0.15, -0.1) is 0 Å². The fraction of sp³-hybridized carbons (Fsp3) is 0.750. The average molecular weight is 425 g/mol. The van der Waals surface area contributed by atoms with Crippen molar-refractivity contribution < 1.29 is 34.4 Å². The lowest BCUT2D eigenvalue weighted by Gasteiger charge is -2.43. The summed E-state index contributed by atoms with van der Waals surface area (Å²) in [5.41, 5.74) is 0.778. The van der Waals surface area contributed by atoms with Crippen LogP contribution in [-0.4, -0.2) is 85.0 Å². The summed E-state index contributed by atoms with van der Waals surface area (Å²) in [5.74, 6) is -1.04. The normalized spacial score (nSPS) is 31.9. The van der Waals surface area contributed by atoms with Gasteiger partial charge in [0.2, 0.25) is 0 Å². The fourth-order valence-electron chi connectivity index (χ4n) is 4.29. The van der Waals surface area contributed by atoms with Crippen molar-refractivity contribution in [1.82, 2.24) is 14.7 Å². The largest absolute Gasteiger partial charge is 0.459 e. The minimum Gasteiger partial charge on any atom is -0.459 e. The third-order valence-electron chi connectivity index (χ3n) is 5.93. The third-order valence-corrected chi connectivity index (χ3v) is 5.93. The molecule has 2 aliphatic rings. The minimum atomic E-state index is -1.18. The molecule has 168 valence electrons. The van der Waals surface area contributed by atoms with Crippen molar-refractivity contribution in [3.63, 3.8) is 0 Å². The highest BCUT2D eigenvalue weighted by Crippen LogP contribution is 2.29. The molecule has 0 spiro atoms. The molecular weight excluding hydrogens is 394 g/mol. The van der Waals surface area contributed by atoms with Crippen molar-refractivity contribution in [3.05, 3.63) is 18.0 Å². The molecule has 1 saturated heterocycles. The van der Waals surface area contributed by atoms with Gasteiger partial charge in [0.1, 0.15) is 12.2 Å². The van der Waals surface area contributed by atoms with Crippen LogP contribution in [0, 0.1) is 0 Å². The van der Waals surface area contributed by atoms with E-state index in [9.17, 15) is 24.9 Å². The van der Waals surface area contributed by atoms with Gasteiger partial charge in [-0.05, 0) is 18.9 Å². The smallest absolute Gasteiger partial charge is 0.303 e. The Bertz CT molecular complexity index is 740. The van der Waals surface area contributed by atoms with Crippen LogP contribution in [0.2, 0.25) is 0 Å². The third kappa shape index (κ3) is 5.00. The number of nitrogens with zero attached hydrogens (tertiary/aromatic N) is 3. The average Bonchev–Trinajstić information content (AvgIpc) is 3.10. The molecule has 10 heteroatoms. The standard InChI is InChI=1S/C20H31N3O7/c1-12(25)29-17-9-16(27)18(11-24)30-19(17)20(28)23(10-13-7-8-21-22(13)2)14-5-3-4-6-15(14)26/h7-8,14-19,24,26-27H,3-6,9-11H2,1-2H3/t14-,15-,16?,17?,18?,19?/m0/s1. The first-order valence-corrected chi connectivity index (χ1v) is 10.4. The summed E-state index contributed by atoms with van der Waals surface area (Å²) in [5, 5.41) is 34.5. The maximum Gasteiger partial charge on any atom is 0.303 e. The predicted octanol–water partition coefficient (Wildman–Crippen LogP) is -0.505. The molecule has 1 aliphatic heterocycles. The second-order valence-electron chi connectivity index (χ2n) is 8.06. The molecule has 4 unspecified atom stereocenters. The summed E-state index contributed by atoms with van der Waals surface area (Å²) < 4.78 is 12.6. The first-order valence-electron chi connectivity index (χ1n) is 10.4. The Balaban J connectivity index is 1.90. The number of ether oxygens (including phenoxy) is 2. The summed E-state index contributed by atoms with van der Waals surface area (Å²) >= 11 is 0. The summed E-state index contributed by atoms with van der Waals surface area (Å²) in [7, 11) is 1.77. The zero-order valence-corrected chi connectivity index (χ0v) is 17.4. The fourth-order valence-corrected chi connectivity index (χ4v) is 4.29. The van der Waals surface area contributed by atoms with Crippen LogP contribution in [0.1, 0.15) is 44.7 Å². The van der Waals surface area contributed by atoms with E-state index in [-0.39, 0.29) is 13.0 Å². The number of hydrogen-bond donors (Lipinski definition) is 3. The van der Waals surface area contributed by atoms with Gasteiger partial charge >= 0.3 is 5.97 Å². The van der Waals surface area contributed by atoms with E-state index in [2.05, 4.69) is 5.10 Å². The Morgan fingerprint density at radius 2 is 2.03 bits per heavy atom. The van der Waals surface area contributed by atoms with Crippen LogP contribution in [0.3, 0.4) is 0 Å². The molecule has 3 rings (SSSR count). The van der Waals surface area contributed by atoms with Crippen molar-refractivity contribution in [2.24, 2.45) is 7.05 Å². The topological polar surface area (TPSA) is 134 Å². The highest BCUT2D eigenvalue weighted by molar-refractivity contribution is 5.82. The first kappa shape index (κ1) is 22.7. The number of esters is 1. The van der Waals surface area contributed by atoms with E-state index in [0.29, 0.717) is 12.8 Å². The van der Waals surface area contributed by atoms with Crippen molar-refractivity contribution in [3.8, 4) is 0 Å². The van der Waals surface area contributed by atoms with Gasteiger partial charge in [-0.2, -0.15) is 5.10 Å². The van der Waals surface area contributed by atoms with Crippen molar-refractivity contribution in [1.29, 1.82) is 0 Å².